The topological polar surface area (TPSA) is 84.3 Å². The Morgan fingerprint density at radius 2 is 2.32 bits per heavy atom. The van der Waals surface area contributed by atoms with Gasteiger partial charge in [-0.1, -0.05) is 12.2 Å². The number of aromatic amines is 1. The number of aliphatic hydroxyl groups excluding tert-OH is 1. The highest BCUT2D eigenvalue weighted by atomic mass is 16.5. The van der Waals surface area contributed by atoms with Gasteiger partial charge < -0.3 is 9.84 Å². The SMILES string of the molecule is C=C1CCC(n2cc(C)c(=O)[nH]c2=O)OC(CO)C1. The molecule has 0 aliphatic carbocycles. The molecule has 1 aromatic heterocycles. The van der Waals surface area contributed by atoms with Gasteiger partial charge in [0.25, 0.3) is 5.56 Å². The first-order valence-electron chi connectivity index (χ1n) is 6.26. The van der Waals surface area contributed by atoms with Crippen molar-refractivity contribution >= 4 is 0 Å². The smallest absolute Gasteiger partial charge is 0.330 e. The molecule has 1 fully saturated rings. The van der Waals surface area contributed by atoms with Crippen molar-refractivity contribution in [3.63, 3.8) is 0 Å². The van der Waals surface area contributed by atoms with E-state index in [9.17, 15) is 14.7 Å². The number of nitrogens with one attached hydrogen (secondary N) is 1. The molecule has 0 amide bonds. The Hall–Kier alpha value is -1.66. The van der Waals surface area contributed by atoms with Crippen LogP contribution in [0.1, 0.15) is 31.1 Å². The predicted molar refractivity (Wildman–Crippen MR) is 70.0 cm³/mol. The second kappa shape index (κ2) is 5.54. The first-order valence-corrected chi connectivity index (χ1v) is 6.26. The van der Waals surface area contributed by atoms with Crippen molar-refractivity contribution in [2.45, 2.75) is 38.5 Å². The fourth-order valence-corrected chi connectivity index (χ4v) is 2.20. The lowest BCUT2D eigenvalue weighted by atomic mass is 10.1. The molecule has 2 heterocycles. The fourth-order valence-electron chi connectivity index (χ4n) is 2.20. The summed E-state index contributed by atoms with van der Waals surface area (Å²) in [4.78, 5) is 25.4. The summed E-state index contributed by atoms with van der Waals surface area (Å²) >= 11 is 0. The third-order valence-corrected chi connectivity index (χ3v) is 3.27. The molecular weight excluding hydrogens is 248 g/mol. The van der Waals surface area contributed by atoms with E-state index in [1.54, 1.807) is 6.92 Å². The summed E-state index contributed by atoms with van der Waals surface area (Å²) in [6.45, 7) is 5.43. The van der Waals surface area contributed by atoms with Crippen LogP contribution in [0.5, 0.6) is 0 Å². The molecule has 0 bridgehead atoms. The largest absolute Gasteiger partial charge is 0.394 e. The lowest BCUT2D eigenvalue weighted by molar-refractivity contribution is -0.0717. The van der Waals surface area contributed by atoms with Gasteiger partial charge in [-0.05, 0) is 26.2 Å². The van der Waals surface area contributed by atoms with E-state index in [0.29, 0.717) is 18.4 Å². The summed E-state index contributed by atoms with van der Waals surface area (Å²) in [5.74, 6) is 0. The van der Waals surface area contributed by atoms with Gasteiger partial charge >= 0.3 is 5.69 Å². The van der Waals surface area contributed by atoms with Gasteiger partial charge in [0, 0.05) is 11.8 Å². The Labute approximate surface area is 110 Å². The predicted octanol–water partition coefficient (Wildman–Crippen LogP) is 0.461. The molecule has 6 heteroatoms. The van der Waals surface area contributed by atoms with Crippen LogP contribution >= 0.6 is 0 Å². The lowest BCUT2D eigenvalue weighted by Crippen LogP contribution is -2.35. The molecule has 2 rings (SSSR count). The van der Waals surface area contributed by atoms with Crippen molar-refractivity contribution < 1.29 is 9.84 Å². The number of H-pyrrole nitrogens is 1. The summed E-state index contributed by atoms with van der Waals surface area (Å²) in [5, 5.41) is 9.26. The number of aryl methyl sites for hydroxylation is 1. The molecule has 1 saturated heterocycles. The number of aliphatic hydroxyl groups is 1. The first kappa shape index (κ1) is 13.8. The second-order valence-corrected chi connectivity index (χ2v) is 4.87. The molecule has 2 atom stereocenters. The van der Waals surface area contributed by atoms with Gasteiger partial charge in [-0.2, -0.15) is 0 Å². The molecule has 2 N–H and O–H groups in total. The molecule has 0 saturated carbocycles. The van der Waals surface area contributed by atoms with Crippen LogP contribution in [-0.2, 0) is 4.74 Å². The number of rotatable bonds is 2. The Morgan fingerprint density at radius 3 is 3.00 bits per heavy atom. The van der Waals surface area contributed by atoms with Crippen molar-refractivity contribution in [1.29, 1.82) is 0 Å². The van der Waals surface area contributed by atoms with E-state index in [1.807, 2.05) is 0 Å². The molecule has 1 aliphatic heterocycles. The third kappa shape index (κ3) is 3.02. The van der Waals surface area contributed by atoms with Crippen molar-refractivity contribution in [1.82, 2.24) is 9.55 Å². The Morgan fingerprint density at radius 1 is 1.58 bits per heavy atom. The van der Waals surface area contributed by atoms with Crippen LogP contribution in [0.3, 0.4) is 0 Å². The molecule has 0 spiro atoms. The summed E-state index contributed by atoms with van der Waals surface area (Å²) in [6, 6.07) is 0. The van der Waals surface area contributed by atoms with E-state index in [2.05, 4.69) is 11.6 Å². The maximum absolute atomic E-state index is 11.8. The van der Waals surface area contributed by atoms with Gasteiger partial charge in [0.05, 0.1) is 12.7 Å². The molecule has 2 unspecified atom stereocenters. The number of hydrogen-bond donors (Lipinski definition) is 2. The van der Waals surface area contributed by atoms with Crippen LogP contribution in [0, 0.1) is 6.92 Å². The molecule has 0 aromatic carbocycles. The fraction of sp³-hybridized carbons (Fsp3) is 0.538. The van der Waals surface area contributed by atoms with Gasteiger partial charge in [0.2, 0.25) is 0 Å². The Bertz CT molecular complexity index is 587. The highest BCUT2D eigenvalue weighted by Gasteiger charge is 2.23. The average Bonchev–Trinajstić information content (AvgIpc) is 2.55. The number of hydrogen-bond acceptors (Lipinski definition) is 4. The van der Waals surface area contributed by atoms with Crippen LogP contribution in [-0.4, -0.2) is 27.4 Å². The van der Waals surface area contributed by atoms with Gasteiger partial charge in [0.15, 0.2) is 0 Å². The maximum Gasteiger partial charge on any atom is 0.330 e. The van der Waals surface area contributed by atoms with Crippen molar-refractivity contribution in [3.8, 4) is 0 Å². The highest BCUT2D eigenvalue weighted by Crippen LogP contribution is 2.27. The zero-order chi connectivity index (χ0) is 14.0. The normalized spacial score (nSPS) is 24.2. The molecule has 1 aromatic rings. The summed E-state index contributed by atoms with van der Waals surface area (Å²) < 4.78 is 7.10. The molecule has 104 valence electrons. The van der Waals surface area contributed by atoms with Crippen molar-refractivity contribution in [2.24, 2.45) is 0 Å². The molecule has 6 nitrogen and oxygen atoms in total. The van der Waals surface area contributed by atoms with Gasteiger partial charge in [-0.3, -0.25) is 14.3 Å². The zero-order valence-electron chi connectivity index (χ0n) is 10.9. The number of ether oxygens (including phenoxy) is 1. The minimum absolute atomic E-state index is 0.118. The second-order valence-electron chi connectivity index (χ2n) is 4.87. The highest BCUT2D eigenvalue weighted by molar-refractivity contribution is 5.03. The van der Waals surface area contributed by atoms with Gasteiger partial charge in [-0.15, -0.1) is 0 Å². The van der Waals surface area contributed by atoms with Crippen LogP contribution in [0.4, 0.5) is 0 Å². The molecule has 1 aliphatic rings. The van der Waals surface area contributed by atoms with E-state index in [0.717, 1.165) is 12.0 Å². The van der Waals surface area contributed by atoms with Gasteiger partial charge in [0.1, 0.15) is 6.23 Å². The van der Waals surface area contributed by atoms with E-state index < -0.39 is 17.5 Å². The van der Waals surface area contributed by atoms with E-state index in [1.165, 1.54) is 10.8 Å². The van der Waals surface area contributed by atoms with Crippen molar-refractivity contribution in [3.05, 3.63) is 44.8 Å². The maximum atomic E-state index is 11.8. The quantitative estimate of drug-likeness (QED) is 0.762. The minimum Gasteiger partial charge on any atom is -0.394 e. The number of nitrogens with zero attached hydrogens (tertiary/aromatic N) is 1. The lowest BCUT2D eigenvalue weighted by Gasteiger charge is -2.21. The van der Waals surface area contributed by atoms with Crippen LogP contribution in [0.25, 0.3) is 0 Å². The van der Waals surface area contributed by atoms with Crippen LogP contribution in [0.15, 0.2) is 27.9 Å². The summed E-state index contributed by atoms with van der Waals surface area (Å²) in [7, 11) is 0. The minimum atomic E-state index is -0.496. The molecular formula is C13H18N2O4. The van der Waals surface area contributed by atoms with Crippen LogP contribution in [0.2, 0.25) is 0 Å². The number of aromatic nitrogens is 2. The molecule has 0 radical (unpaired) electrons. The van der Waals surface area contributed by atoms with Crippen molar-refractivity contribution in [2.75, 3.05) is 6.61 Å². The zero-order valence-corrected chi connectivity index (χ0v) is 10.9. The standard InChI is InChI=1S/C13H18N2O4/c1-8-3-4-11(19-10(5-8)7-16)15-6-9(2)12(17)14-13(15)18/h6,10-11,16H,1,3-5,7H2,2H3,(H,14,17,18). The summed E-state index contributed by atoms with van der Waals surface area (Å²) in [5.41, 5.74) is 0.561. The first-order chi connectivity index (χ1) is 9.01. The average molecular weight is 266 g/mol. The summed E-state index contributed by atoms with van der Waals surface area (Å²) in [6.07, 6.45) is 2.56. The van der Waals surface area contributed by atoms with E-state index in [4.69, 9.17) is 4.74 Å². The Kier molecular flexibility index (Phi) is 4.01. The Balaban J connectivity index is 2.35. The van der Waals surface area contributed by atoms with Gasteiger partial charge in [-0.25, -0.2) is 4.79 Å². The molecule has 19 heavy (non-hydrogen) atoms. The third-order valence-electron chi connectivity index (χ3n) is 3.27. The van der Waals surface area contributed by atoms with E-state index in [-0.39, 0.29) is 12.7 Å². The van der Waals surface area contributed by atoms with E-state index >= 15 is 0 Å². The van der Waals surface area contributed by atoms with Crippen LogP contribution < -0.4 is 11.2 Å². The monoisotopic (exact) mass is 266 g/mol.